The zero-order valence-corrected chi connectivity index (χ0v) is 8.18. The Morgan fingerprint density at radius 3 is 2.94 bits per heavy atom. The summed E-state index contributed by atoms with van der Waals surface area (Å²) in [5.74, 6) is -1.96. The van der Waals surface area contributed by atoms with Crippen LogP contribution in [0.3, 0.4) is 0 Å². The summed E-state index contributed by atoms with van der Waals surface area (Å²) in [6.45, 7) is -0.326. The van der Waals surface area contributed by atoms with Gasteiger partial charge in [0.15, 0.2) is 0 Å². The van der Waals surface area contributed by atoms with E-state index < -0.39 is 17.8 Å². The first-order valence-electron chi connectivity index (χ1n) is 4.36. The molecule has 0 fully saturated rings. The number of carbonyl (C=O) groups is 1. The predicted octanol–water partition coefficient (Wildman–Crippen LogP) is 0.488. The topological polar surface area (TPSA) is 96.3 Å². The Hall–Kier alpha value is -2.13. The van der Waals surface area contributed by atoms with Gasteiger partial charge in [0.25, 0.3) is 0 Å². The van der Waals surface area contributed by atoms with Crippen LogP contribution in [-0.4, -0.2) is 23.7 Å². The van der Waals surface area contributed by atoms with E-state index in [1.54, 1.807) is 6.07 Å². The molecule has 1 rings (SSSR count). The number of halogens is 1. The molecule has 5 nitrogen and oxygen atoms in total. The van der Waals surface area contributed by atoms with Crippen molar-refractivity contribution in [2.45, 2.75) is 6.04 Å². The van der Waals surface area contributed by atoms with Gasteiger partial charge in [0.2, 0.25) is 0 Å². The molecule has 1 atom stereocenters. The number of benzene rings is 1. The first-order valence-corrected chi connectivity index (χ1v) is 4.36. The number of carboxylic acids is 1. The molecule has 1 unspecified atom stereocenters. The molecule has 3 N–H and O–H groups in total. The van der Waals surface area contributed by atoms with Gasteiger partial charge in [0, 0.05) is 0 Å². The van der Waals surface area contributed by atoms with E-state index in [-0.39, 0.29) is 17.9 Å². The Kier molecular flexibility index (Phi) is 3.80. The van der Waals surface area contributed by atoms with Crippen LogP contribution in [0.4, 0.5) is 4.39 Å². The highest BCUT2D eigenvalue weighted by molar-refractivity contribution is 5.73. The largest absolute Gasteiger partial charge is 0.490 e. The fourth-order valence-electron chi connectivity index (χ4n) is 0.984. The summed E-state index contributed by atoms with van der Waals surface area (Å²) in [7, 11) is 0. The number of nitriles is 1. The molecule has 0 aromatic heterocycles. The van der Waals surface area contributed by atoms with E-state index in [9.17, 15) is 9.18 Å². The quantitative estimate of drug-likeness (QED) is 0.775. The summed E-state index contributed by atoms with van der Waals surface area (Å²) < 4.78 is 18.0. The number of hydrogen-bond donors (Lipinski definition) is 2. The highest BCUT2D eigenvalue weighted by Gasteiger charge is 2.14. The SMILES string of the molecule is N#Cc1c(F)cccc1OCC(N)C(=O)O. The number of aliphatic carboxylic acids is 1. The van der Waals surface area contributed by atoms with E-state index in [4.69, 9.17) is 20.8 Å². The standard InChI is InChI=1S/C10H9FN2O3/c11-7-2-1-3-9(6(7)4-12)16-5-8(13)10(14)15/h1-3,8H,5,13H2,(H,14,15). The van der Waals surface area contributed by atoms with E-state index in [2.05, 4.69) is 0 Å². The molecule has 0 saturated carbocycles. The van der Waals surface area contributed by atoms with Gasteiger partial charge in [0.1, 0.15) is 35.8 Å². The molecule has 16 heavy (non-hydrogen) atoms. The lowest BCUT2D eigenvalue weighted by Crippen LogP contribution is -2.36. The summed E-state index contributed by atoms with van der Waals surface area (Å²) in [6, 6.07) is 4.26. The zero-order valence-electron chi connectivity index (χ0n) is 8.18. The normalized spacial score (nSPS) is 11.6. The first kappa shape index (κ1) is 11.9. The molecule has 0 heterocycles. The minimum absolute atomic E-state index is 0.0146. The third-order valence-corrected chi connectivity index (χ3v) is 1.82. The van der Waals surface area contributed by atoms with E-state index in [0.29, 0.717) is 0 Å². The van der Waals surface area contributed by atoms with Crippen molar-refractivity contribution >= 4 is 5.97 Å². The maximum absolute atomic E-state index is 13.1. The molecule has 0 aliphatic carbocycles. The van der Waals surface area contributed by atoms with E-state index in [1.807, 2.05) is 0 Å². The Bertz CT molecular complexity index is 442. The van der Waals surface area contributed by atoms with Crippen molar-refractivity contribution in [1.82, 2.24) is 0 Å². The van der Waals surface area contributed by atoms with Gasteiger partial charge >= 0.3 is 5.97 Å². The third-order valence-electron chi connectivity index (χ3n) is 1.82. The van der Waals surface area contributed by atoms with Crippen LogP contribution >= 0.6 is 0 Å². The molecular weight excluding hydrogens is 215 g/mol. The van der Waals surface area contributed by atoms with Crippen LogP contribution in [0.1, 0.15) is 5.56 Å². The maximum atomic E-state index is 13.1. The van der Waals surface area contributed by atoms with Gasteiger partial charge in [-0.25, -0.2) is 4.39 Å². The molecule has 1 aromatic rings. The lowest BCUT2D eigenvalue weighted by molar-refractivity contribution is -0.139. The minimum Gasteiger partial charge on any atom is -0.490 e. The molecule has 0 aliphatic rings. The summed E-state index contributed by atoms with van der Waals surface area (Å²) >= 11 is 0. The lowest BCUT2D eigenvalue weighted by Gasteiger charge is -2.10. The smallest absolute Gasteiger partial charge is 0.324 e. The number of hydrogen-bond acceptors (Lipinski definition) is 4. The van der Waals surface area contributed by atoms with Gasteiger partial charge in [-0.3, -0.25) is 4.79 Å². The molecule has 0 amide bonds. The Morgan fingerprint density at radius 1 is 1.69 bits per heavy atom. The fraction of sp³-hybridized carbons (Fsp3) is 0.200. The predicted molar refractivity (Wildman–Crippen MR) is 52.2 cm³/mol. The van der Waals surface area contributed by atoms with Crippen molar-refractivity contribution in [3.05, 3.63) is 29.6 Å². The van der Waals surface area contributed by atoms with Gasteiger partial charge in [-0.2, -0.15) is 5.26 Å². The molecular formula is C10H9FN2O3. The number of carboxylic acid groups (broad SMARTS) is 1. The fourth-order valence-corrected chi connectivity index (χ4v) is 0.984. The Labute approximate surface area is 90.9 Å². The number of nitrogens with zero attached hydrogens (tertiary/aromatic N) is 1. The van der Waals surface area contributed by atoms with E-state index in [1.165, 1.54) is 12.1 Å². The molecule has 0 spiro atoms. The number of rotatable bonds is 4. The van der Waals surface area contributed by atoms with Crippen LogP contribution in [-0.2, 0) is 4.79 Å². The molecule has 84 valence electrons. The third kappa shape index (κ3) is 2.68. The van der Waals surface area contributed by atoms with E-state index >= 15 is 0 Å². The van der Waals surface area contributed by atoms with E-state index in [0.717, 1.165) is 6.07 Å². The zero-order chi connectivity index (χ0) is 12.1. The average molecular weight is 224 g/mol. The second-order valence-electron chi connectivity index (χ2n) is 2.98. The van der Waals surface area contributed by atoms with Crippen LogP contribution < -0.4 is 10.5 Å². The van der Waals surface area contributed by atoms with Gasteiger partial charge in [-0.1, -0.05) is 6.07 Å². The Morgan fingerprint density at radius 2 is 2.38 bits per heavy atom. The van der Waals surface area contributed by atoms with Crippen molar-refractivity contribution in [3.8, 4) is 11.8 Å². The number of nitrogens with two attached hydrogens (primary N) is 1. The number of ether oxygens (including phenoxy) is 1. The second kappa shape index (κ2) is 5.09. The van der Waals surface area contributed by atoms with Crippen molar-refractivity contribution in [2.75, 3.05) is 6.61 Å². The molecule has 6 heteroatoms. The van der Waals surface area contributed by atoms with Crippen LogP contribution in [0.5, 0.6) is 5.75 Å². The van der Waals surface area contributed by atoms with Gasteiger partial charge in [0.05, 0.1) is 0 Å². The second-order valence-corrected chi connectivity index (χ2v) is 2.98. The summed E-state index contributed by atoms with van der Waals surface area (Å²) in [5.41, 5.74) is 4.93. The average Bonchev–Trinajstić information content (AvgIpc) is 2.25. The van der Waals surface area contributed by atoms with Gasteiger partial charge < -0.3 is 15.6 Å². The summed E-state index contributed by atoms with van der Waals surface area (Å²) in [6.07, 6.45) is 0. The lowest BCUT2D eigenvalue weighted by atomic mass is 10.2. The minimum atomic E-state index is -1.23. The molecule has 1 aromatic carbocycles. The summed E-state index contributed by atoms with van der Waals surface area (Å²) in [4.78, 5) is 10.4. The molecule has 0 aliphatic heterocycles. The van der Waals surface area contributed by atoms with Gasteiger partial charge in [-0.05, 0) is 12.1 Å². The molecule has 0 saturated heterocycles. The molecule has 0 radical (unpaired) electrons. The highest BCUT2D eigenvalue weighted by atomic mass is 19.1. The van der Waals surface area contributed by atoms with Crippen molar-refractivity contribution in [2.24, 2.45) is 5.73 Å². The van der Waals surface area contributed by atoms with Gasteiger partial charge in [-0.15, -0.1) is 0 Å². The van der Waals surface area contributed by atoms with Crippen molar-refractivity contribution < 1.29 is 19.0 Å². The van der Waals surface area contributed by atoms with Crippen molar-refractivity contribution in [3.63, 3.8) is 0 Å². The monoisotopic (exact) mass is 224 g/mol. The molecule has 0 bridgehead atoms. The van der Waals surface area contributed by atoms with Crippen molar-refractivity contribution in [1.29, 1.82) is 5.26 Å². The first-order chi connectivity index (χ1) is 7.56. The Balaban J connectivity index is 2.79. The summed E-state index contributed by atoms with van der Waals surface area (Å²) in [5, 5.41) is 17.2. The van der Waals surface area contributed by atoms with Crippen LogP contribution in [0.2, 0.25) is 0 Å². The van der Waals surface area contributed by atoms with Crippen LogP contribution in [0.25, 0.3) is 0 Å². The highest BCUT2D eigenvalue weighted by Crippen LogP contribution is 2.20. The van der Waals surface area contributed by atoms with Crippen LogP contribution in [0.15, 0.2) is 18.2 Å². The maximum Gasteiger partial charge on any atom is 0.324 e. The van der Waals surface area contributed by atoms with Crippen LogP contribution in [0, 0.1) is 17.1 Å².